The molecular formula is C14H23N3O2. The average Bonchev–Trinajstić information content (AvgIpc) is 2.45. The average molecular weight is 265 g/mol. The maximum Gasteiger partial charge on any atom is 0.316 e. The first-order valence-corrected chi connectivity index (χ1v) is 6.90. The Bertz CT molecular complexity index is 369. The molecule has 0 spiro atoms. The molecule has 1 saturated heterocycles. The zero-order valence-electron chi connectivity index (χ0n) is 11.8. The summed E-state index contributed by atoms with van der Waals surface area (Å²) in [4.78, 5) is 10.8. The number of likely N-dealkylation sites (tertiary alicyclic amines) is 1. The number of methoxy groups -OCH3 is 1. The fourth-order valence-electron chi connectivity index (χ4n) is 2.36. The van der Waals surface area contributed by atoms with E-state index in [9.17, 15) is 0 Å². The van der Waals surface area contributed by atoms with Crippen LogP contribution in [0.4, 0.5) is 0 Å². The summed E-state index contributed by atoms with van der Waals surface area (Å²) < 4.78 is 10.8. The van der Waals surface area contributed by atoms with Crippen LogP contribution < -0.4 is 4.74 Å². The minimum Gasteiger partial charge on any atom is -0.463 e. The molecule has 1 aromatic heterocycles. The summed E-state index contributed by atoms with van der Waals surface area (Å²) in [7, 11) is 1.75. The van der Waals surface area contributed by atoms with Crippen LogP contribution in [0.15, 0.2) is 12.4 Å². The lowest BCUT2D eigenvalue weighted by Crippen LogP contribution is -2.39. The van der Waals surface area contributed by atoms with Crippen molar-refractivity contribution in [3.05, 3.63) is 18.0 Å². The molecule has 5 nitrogen and oxygen atoms in total. The number of piperidine rings is 1. The van der Waals surface area contributed by atoms with Gasteiger partial charge in [-0.15, -0.1) is 0 Å². The maximum atomic E-state index is 5.67. The lowest BCUT2D eigenvalue weighted by molar-refractivity contribution is 0.0936. The summed E-state index contributed by atoms with van der Waals surface area (Å²) in [6, 6.07) is 0.486. The highest BCUT2D eigenvalue weighted by molar-refractivity contribution is 5.04. The molecule has 106 valence electrons. The van der Waals surface area contributed by atoms with Gasteiger partial charge in [0.2, 0.25) is 0 Å². The second kappa shape index (κ2) is 7.40. The van der Waals surface area contributed by atoms with Crippen LogP contribution in [0.2, 0.25) is 0 Å². The minimum atomic E-state index is 0.486. The molecule has 2 heterocycles. The second-order valence-electron chi connectivity index (χ2n) is 5.16. The molecule has 5 heteroatoms. The molecule has 2 rings (SSSR count). The van der Waals surface area contributed by atoms with Gasteiger partial charge in [-0.3, -0.25) is 0 Å². The van der Waals surface area contributed by atoms with Gasteiger partial charge in [-0.05, 0) is 31.9 Å². The van der Waals surface area contributed by atoms with Crippen LogP contribution in [0, 0.1) is 12.8 Å². The fourth-order valence-corrected chi connectivity index (χ4v) is 2.36. The van der Waals surface area contributed by atoms with E-state index in [0.717, 1.165) is 25.3 Å². The molecule has 1 aromatic rings. The molecule has 19 heavy (non-hydrogen) atoms. The van der Waals surface area contributed by atoms with Crippen molar-refractivity contribution in [3.8, 4) is 6.01 Å². The third kappa shape index (κ3) is 4.76. The molecule has 1 fully saturated rings. The van der Waals surface area contributed by atoms with Crippen molar-refractivity contribution in [3.63, 3.8) is 0 Å². The number of hydrogen-bond donors (Lipinski definition) is 0. The van der Waals surface area contributed by atoms with Crippen LogP contribution in [0.25, 0.3) is 0 Å². The lowest BCUT2D eigenvalue weighted by Gasteiger charge is -2.32. The molecule has 0 aromatic carbocycles. The fraction of sp³-hybridized carbons (Fsp3) is 0.714. The van der Waals surface area contributed by atoms with Crippen molar-refractivity contribution in [1.82, 2.24) is 14.9 Å². The van der Waals surface area contributed by atoms with E-state index in [0.29, 0.717) is 18.5 Å². The van der Waals surface area contributed by atoms with Gasteiger partial charge in [0.25, 0.3) is 0 Å². The van der Waals surface area contributed by atoms with Gasteiger partial charge in [0.05, 0.1) is 13.2 Å². The van der Waals surface area contributed by atoms with Gasteiger partial charge in [-0.1, -0.05) is 0 Å². The topological polar surface area (TPSA) is 47.5 Å². The highest BCUT2D eigenvalue weighted by Gasteiger charge is 2.20. The first-order chi connectivity index (χ1) is 9.28. The van der Waals surface area contributed by atoms with Gasteiger partial charge >= 0.3 is 6.01 Å². The Labute approximate surface area is 115 Å². The summed E-state index contributed by atoms with van der Waals surface area (Å²) in [5.74, 6) is 0.565. The number of hydrogen-bond acceptors (Lipinski definition) is 5. The highest BCUT2D eigenvalue weighted by Crippen LogP contribution is 2.17. The van der Waals surface area contributed by atoms with Crippen LogP contribution in [0.5, 0.6) is 6.01 Å². The third-order valence-corrected chi connectivity index (χ3v) is 3.42. The molecule has 1 atom stereocenters. The van der Waals surface area contributed by atoms with Crippen molar-refractivity contribution < 1.29 is 9.47 Å². The van der Waals surface area contributed by atoms with Crippen LogP contribution in [-0.2, 0) is 4.74 Å². The van der Waals surface area contributed by atoms with E-state index in [4.69, 9.17) is 9.47 Å². The van der Waals surface area contributed by atoms with E-state index >= 15 is 0 Å². The van der Waals surface area contributed by atoms with Crippen LogP contribution in [0.3, 0.4) is 0 Å². The smallest absolute Gasteiger partial charge is 0.316 e. The summed E-state index contributed by atoms with van der Waals surface area (Å²) in [6.45, 7) is 6.73. The lowest BCUT2D eigenvalue weighted by atomic mass is 9.99. The number of ether oxygens (including phenoxy) is 2. The zero-order chi connectivity index (χ0) is 13.5. The molecule has 0 amide bonds. The summed E-state index contributed by atoms with van der Waals surface area (Å²) in [5.41, 5.74) is 1.05. The van der Waals surface area contributed by atoms with Gasteiger partial charge < -0.3 is 14.4 Å². The maximum absolute atomic E-state index is 5.67. The molecule has 0 saturated carbocycles. The second-order valence-corrected chi connectivity index (χ2v) is 5.16. The monoisotopic (exact) mass is 265 g/mol. The summed E-state index contributed by atoms with van der Waals surface area (Å²) in [5, 5.41) is 0. The Morgan fingerprint density at radius 2 is 2.16 bits per heavy atom. The van der Waals surface area contributed by atoms with Crippen molar-refractivity contribution in [2.45, 2.75) is 19.8 Å². The van der Waals surface area contributed by atoms with E-state index in [1.54, 1.807) is 19.5 Å². The van der Waals surface area contributed by atoms with Crippen molar-refractivity contribution in [2.24, 2.45) is 5.92 Å². The first kappa shape index (κ1) is 14.2. The first-order valence-electron chi connectivity index (χ1n) is 6.90. The Morgan fingerprint density at radius 3 is 2.89 bits per heavy atom. The number of rotatable bonds is 6. The molecule has 0 bridgehead atoms. The summed E-state index contributed by atoms with van der Waals surface area (Å²) in [6.07, 6.45) is 6.02. The molecule has 1 unspecified atom stereocenters. The molecular weight excluding hydrogens is 242 g/mol. The van der Waals surface area contributed by atoms with Gasteiger partial charge in [0.15, 0.2) is 0 Å². The van der Waals surface area contributed by atoms with Gasteiger partial charge in [-0.25, -0.2) is 9.97 Å². The standard InChI is InChI=1S/C14H23N3O2/c1-12-8-15-14(16-9-12)19-11-13-4-3-5-17(10-13)6-7-18-2/h8-9,13H,3-7,10-11H2,1-2H3. The molecule has 0 N–H and O–H groups in total. The third-order valence-electron chi connectivity index (χ3n) is 3.42. The van der Waals surface area contributed by atoms with Gasteiger partial charge in [-0.2, -0.15) is 0 Å². The van der Waals surface area contributed by atoms with Crippen molar-refractivity contribution in [1.29, 1.82) is 0 Å². The predicted molar refractivity (Wildman–Crippen MR) is 73.3 cm³/mol. The van der Waals surface area contributed by atoms with E-state index in [1.807, 2.05) is 6.92 Å². The van der Waals surface area contributed by atoms with E-state index in [2.05, 4.69) is 14.9 Å². The van der Waals surface area contributed by atoms with Crippen molar-refractivity contribution >= 4 is 0 Å². The Hall–Kier alpha value is -1.20. The quantitative estimate of drug-likeness (QED) is 0.780. The van der Waals surface area contributed by atoms with Gasteiger partial charge in [0, 0.05) is 38.5 Å². The largest absolute Gasteiger partial charge is 0.463 e. The predicted octanol–water partition coefficient (Wildman–Crippen LogP) is 1.52. The normalized spacial score (nSPS) is 20.4. The summed E-state index contributed by atoms with van der Waals surface area (Å²) >= 11 is 0. The van der Waals surface area contributed by atoms with Crippen molar-refractivity contribution in [2.75, 3.05) is 40.0 Å². The van der Waals surface area contributed by atoms with E-state index in [1.165, 1.54) is 19.4 Å². The number of aryl methyl sites for hydroxylation is 1. The highest BCUT2D eigenvalue weighted by atomic mass is 16.5. The van der Waals surface area contributed by atoms with Gasteiger partial charge in [0.1, 0.15) is 0 Å². The SMILES string of the molecule is COCCN1CCCC(COc2ncc(C)cn2)C1. The van der Waals surface area contributed by atoms with Crippen LogP contribution in [-0.4, -0.2) is 54.8 Å². The Balaban J connectivity index is 1.74. The molecule has 0 aliphatic carbocycles. The minimum absolute atomic E-state index is 0.486. The molecule has 1 aliphatic heterocycles. The number of nitrogens with zero attached hydrogens (tertiary/aromatic N) is 3. The van der Waals surface area contributed by atoms with E-state index < -0.39 is 0 Å². The Morgan fingerprint density at radius 1 is 1.37 bits per heavy atom. The Kier molecular flexibility index (Phi) is 5.54. The zero-order valence-corrected chi connectivity index (χ0v) is 11.8. The van der Waals surface area contributed by atoms with Crippen LogP contribution in [0.1, 0.15) is 18.4 Å². The number of aromatic nitrogens is 2. The molecule has 0 radical (unpaired) electrons. The van der Waals surface area contributed by atoms with E-state index in [-0.39, 0.29) is 0 Å². The molecule has 1 aliphatic rings. The van der Waals surface area contributed by atoms with Crippen LogP contribution >= 0.6 is 0 Å².